The normalized spacial score (nSPS) is 10.2. The minimum absolute atomic E-state index is 0.0672. The zero-order valence-corrected chi connectivity index (χ0v) is 10.4. The lowest BCUT2D eigenvalue weighted by atomic mass is 10.1. The first-order chi connectivity index (χ1) is 9.49. The van der Waals surface area contributed by atoms with Crippen molar-refractivity contribution < 1.29 is 24.1 Å². The third-order valence-electron chi connectivity index (χ3n) is 2.46. The second-order valence-corrected chi connectivity index (χ2v) is 3.94. The molecule has 1 aromatic carbocycles. The van der Waals surface area contributed by atoms with Crippen LogP contribution in [0.1, 0.15) is 21.8 Å². The van der Waals surface area contributed by atoms with Crippen LogP contribution < -0.4 is 4.74 Å². The molecule has 0 atom stereocenters. The molecule has 0 bridgehead atoms. The quantitative estimate of drug-likeness (QED) is 0.658. The van der Waals surface area contributed by atoms with Crippen LogP contribution in [0, 0.1) is 17.0 Å². The standard InChI is InChI=1S/C12H10N2O6/c1-7-5-8(20-13-7)6-19-10-4-2-3-9(14(17)18)11(10)12(15)16/h2-5H,6H2,1H3,(H,15,16). The molecular weight excluding hydrogens is 268 g/mol. The number of ether oxygens (including phenoxy) is 1. The number of aromatic carboxylic acids is 1. The third-order valence-corrected chi connectivity index (χ3v) is 2.46. The number of aryl methyl sites for hydroxylation is 1. The number of nitro groups is 1. The van der Waals surface area contributed by atoms with Crippen LogP contribution in [0.25, 0.3) is 0 Å². The molecule has 8 nitrogen and oxygen atoms in total. The maximum atomic E-state index is 11.1. The van der Waals surface area contributed by atoms with Crippen LogP contribution in [-0.2, 0) is 6.61 Å². The number of aromatic nitrogens is 1. The van der Waals surface area contributed by atoms with E-state index in [4.69, 9.17) is 14.4 Å². The Balaban J connectivity index is 2.29. The Bertz CT molecular complexity index is 664. The number of carbonyl (C=O) groups is 1. The summed E-state index contributed by atoms with van der Waals surface area (Å²) in [6, 6.07) is 5.43. The van der Waals surface area contributed by atoms with E-state index in [9.17, 15) is 14.9 Å². The zero-order chi connectivity index (χ0) is 14.7. The number of rotatable bonds is 5. The van der Waals surface area contributed by atoms with Gasteiger partial charge in [-0.05, 0) is 13.0 Å². The summed E-state index contributed by atoms with van der Waals surface area (Å²) in [6.07, 6.45) is 0. The van der Waals surface area contributed by atoms with E-state index in [1.807, 2.05) is 0 Å². The molecule has 0 amide bonds. The van der Waals surface area contributed by atoms with Crippen molar-refractivity contribution in [2.75, 3.05) is 0 Å². The number of nitro benzene ring substituents is 1. The van der Waals surface area contributed by atoms with Crippen molar-refractivity contribution in [3.8, 4) is 5.75 Å². The van der Waals surface area contributed by atoms with Gasteiger partial charge in [-0.1, -0.05) is 11.2 Å². The predicted molar refractivity (Wildman–Crippen MR) is 65.6 cm³/mol. The van der Waals surface area contributed by atoms with Gasteiger partial charge in [0.05, 0.1) is 10.6 Å². The molecular formula is C12H10N2O6. The van der Waals surface area contributed by atoms with E-state index in [2.05, 4.69) is 5.16 Å². The Morgan fingerprint density at radius 2 is 2.30 bits per heavy atom. The highest BCUT2D eigenvalue weighted by atomic mass is 16.6. The van der Waals surface area contributed by atoms with E-state index in [1.165, 1.54) is 12.1 Å². The Hall–Kier alpha value is -2.90. The van der Waals surface area contributed by atoms with Gasteiger partial charge in [0, 0.05) is 12.1 Å². The summed E-state index contributed by atoms with van der Waals surface area (Å²) in [7, 11) is 0. The van der Waals surface area contributed by atoms with Gasteiger partial charge in [-0.25, -0.2) is 4.79 Å². The van der Waals surface area contributed by atoms with Gasteiger partial charge in [0.1, 0.15) is 12.4 Å². The fourth-order valence-corrected chi connectivity index (χ4v) is 1.64. The van der Waals surface area contributed by atoms with Crippen molar-refractivity contribution in [2.45, 2.75) is 13.5 Å². The summed E-state index contributed by atoms with van der Waals surface area (Å²) in [4.78, 5) is 21.2. The van der Waals surface area contributed by atoms with Crippen LogP contribution in [0.3, 0.4) is 0 Å². The molecule has 0 unspecified atom stereocenters. The molecule has 0 saturated carbocycles. The number of carboxylic acid groups (broad SMARTS) is 1. The molecule has 0 aliphatic heterocycles. The van der Waals surface area contributed by atoms with Crippen molar-refractivity contribution in [3.05, 3.63) is 51.4 Å². The number of nitrogens with zero attached hydrogens (tertiary/aromatic N) is 2. The lowest BCUT2D eigenvalue weighted by Gasteiger charge is -2.07. The summed E-state index contributed by atoms with van der Waals surface area (Å²) in [5, 5.41) is 23.5. The molecule has 0 saturated heterocycles. The van der Waals surface area contributed by atoms with Gasteiger partial charge in [0.2, 0.25) is 0 Å². The fourth-order valence-electron chi connectivity index (χ4n) is 1.64. The Kier molecular flexibility index (Phi) is 3.65. The van der Waals surface area contributed by atoms with Crippen LogP contribution in [0.2, 0.25) is 0 Å². The van der Waals surface area contributed by atoms with Crippen molar-refractivity contribution in [3.63, 3.8) is 0 Å². The van der Waals surface area contributed by atoms with E-state index < -0.39 is 22.1 Å². The average molecular weight is 278 g/mol. The van der Waals surface area contributed by atoms with Crippen molar-refractivity contribution in [2.24, 2.45) is 0 Å². The van der Waals surface area contributed by atoms with Crippen LogP contribution in [-0.4, -0.2) is 21.2 Å². The van der Waals surface area contributed by atoms with Gasteiger partial charge in [0.25, 0.3) is 5.69 Å². The van der Waals surface area contributed by atoms with Gasteiger partial charge in [0.15, 0.2) is 11.3 Å². The minimum Gasteiger partial charge on any atom is -0.484 e. The molecule has 0 aliphatic rings. The highest BCUT2D eigenvalue weighted by molar-refractivity contribution is 5.95. The third kappa shape index (κ3) is 2.74. The molecule has 2 aromatic rings. The highest BCUT2D eigenvalue weighted by Crippen LogP contribution is 2.28. The maximum absolute atomic E-state index is 11.1. The average Bonchev–Trinajstić information content (AvgIpc) is 2.81. The molecule has 104 valence electrons. The maximum Gasteiger partial charge on any atom is 0.346 e. The highest BCUT2D eigenvalue weighted by Gasteiger charge is 2.24. The van der Waals surface area contributed by atoms with E-state index in [-0.39, 0.29) is 12.4 Å². The second kappa shape index (κ2) is 5.39. The van der Waals surface area contributed by atoms with E-state index in [0.717, 1.165) is 6.07 Å². The summed E-state index contributed by atoms with van der Waals surface area (Å²) < 4.78 is 10.2. The Labute approximate surface area is 112 Å². The van der Waals surface area contributed by atoms with Gasteiger partial charge in [-0.2, -0.15) is 0 Å². The molecule has 1 N–H and O–H groups in total. The van der Waals surface area contributed by atoms with Gasteiger partial charge in [-0.3, -0.25) is 10.1 Å². The summed E-state index contributed by atoms with van der Waals surface area (Å²) >= 11 is 0. The van der Waals surface area contributed by atoms with Crippen LogP contribution in [0.15, 0.2) is 28.8 Å². The molecule has 0 radical (unpaired) electrons. The smallest absolute Gasteiger partial charge is 0.346 e. The predicted octanol–water partition coefficient (Wildman–Crippen LogP) is 2.17. The first-order valence-corrected chi connectivity index (χ1v) is 5.54. The molecule has 0 spiro atoms. The van der Waals surface area contributed by atoms with Crippen LogP contribution >= 0.6 is 0 Å². The largest absolute Gasteiger partial charge is 0.484 e. The van der Waals surface area contributed by atoms with Crippen LogP contribution in [0.5, 0.6) is 5.75 Å². The first kappa shape index (κ1) is 13.5. The number of benzene rings is 1. The first-order valence-electron chi connectivity index (χ1n) is 5.54. The van der Waals surface area contributed by atoms with Gasteiger partial charge < -0.3 is 14.4 Å². The summed E-state index contributed by atoms with van der Waals surface area (Å²) in [5.41, 5.74) is -0.362. The van der Waals surface area contributed by atoms with Crippen LogP contribution in [0.4, 0.5) is 5.69 Å². The lowest BCUT2D eigenvalue weighted by Crippen LogP contribution is -2.06. The molecule has 1 heterocycles. The summed E-state index contributed by atoms with van der Waals surface area (Å²) in [6.45, 7) is 1.66. The monoisotopic (exact) mass is 278 g/mol. The molecule has 1 aromatic heterocycles. The SMILES string of the molecule is Cc1cc(COc2cccc([N+](=O)[O-])c2C(=O)O)on1. The van der Waals surface area contributed by atoms with E-state index >= 15 is 0 Å². The molecule has 2 rings (SSSR count). The van der Waals surface area contributed by atoms with Crippen molar-refractivity contribution in [1.29, 1.82) is 0 Å². The summed E-state index contributed by atoms with van der Waals surface area (Å²) in [5.74, 6) is -1.13. The molecule has 8 heteroatoms. The Morgan fingerprint density at radius 3 is 2.85 bits per heavy atom. The molecule has 0 aliphatic carbocycles. The minimum atomic E-state index is -1.43. The fraction of sp³-hybridized carbons (Fsp3) is 0.167. The zero-order valence-electron chi connectivity index (χ0n) is 10.4. The van der Waals surface area contributed by atoms with Gasteiger partial charge in [-0.15, -0.1) is 0 Å². The molecule has 0 fully saturated rings. The number of carboxylic acids is 1. The van der Waals surface area contributed by atoms with E-state index in [0.29, 0.717) is 11.5 Å². The lowest BCUT2D eigenvalue weighted by molar-refractivity contribution is -0.385. The molecule has 20 heavy (non-hydrogen) atoms. The number of hydrogen-bond donors (Lipinski definition) is 1. The van der Waals surface area contributed by atoms with Gasteiger partial charge >= 0.3 is 5.97 Å². The van der Waals surface area contributed by atoms with Crippen molar-refractivity contribution in [1.82, 2.24) is 5.16 Å². The number of hydrogen-bond acceptors (Lipinski definition) is 6. The Morgan fingerprint density at radius 1 is 1.55 bits per heavy atom. The van der Waals surface area contributed by atoms with Crippen molar-refractivity contribution >= 4 is 11.7 Å². The van der Waals surface area contributed by atoms with E-state index in [1.54, 1.807) is 13.0 Å². The topological polar surface area (TPSA) is 116 Å². The second-order valence-electron chi connectivity index (χ2n) is 3.94.